The minimum atomic E-state index is -0.192. The first kappa shape index (κ1) is 20.0. The normalized spacial score (nSPS) is 13.4. The van der Waals surface area contributed by atoms with E-state index in [0.29, 0.717) is 18.7 Å². The molecule has 0 bridgehead atoms. The van der Waals surface area contributed by atoms with Crippen LogP contribution < -0.4 is 4.90 Å². The Morgan fingerprint density at radius 2 is 1.73 bits per heavy atom. The maximum Gasteiger partial charge on any atom is 0.294 e. The molecule has 0 radical (unpaired) electrons. The first-order valence-electron chi connectivity index (χ1n) is 10.4. The lowest BCUT2D eigenvalue weighted by molar-refractivity contribution is -0.129. The van der Waals surface area contributed by atoms with E-state index in [2.05, 4.69) is 6.07 Å². The summed E-state index contributed by atoms with van der Waals surface area (Å²) in [4.78, 5) is 29.2. The number of amides is 2. The van der Waals surface area contributed by atoms with E-state index in [-0.39, 0.29) is 11.8 Å². The zero-order chi connectivity index (χ0) is 20.9. The topological polar surface area (TPSA) is 53.8 Å². The summed E-state index contributed by atoms with van der Waals surface area (Å²) < 4.78 is 5.35. The summed E-state index contributed by atoms with van der Waals surface area (Å²) in [5.74, 6) is 0.280. The van der Waals surface area contributed by atoms with Crippen molar-refractivity contribution in [2.45, 2.75) is 32.7 Å². The molecule has 0 N–H and O–H groups in total. The summed E-state index contributed by atoms with van der Waals surface area (Å²) in [6, 6.07) is 19.2. The smallest absolute Gasteiger partial charge is 0.294 e. The molecule has 5 nitrogen and oxygen atoms in total. The Labute approximate surface area is 176 Å². The summed E-state index contributed by atoms with van der Waals surface area (Å²) in [7, 11) is 0. The second kappa shape index (κ2) is 8.99. The van der Waals surface area contributed by atoms with Crippen molar-refractivity contribution in [3.05, 3.63) is 89.4 Å². The molecule has 5 heteroatoms. The van der Waals surface area contributed by atoms with Gasteiger partial charge in [0, 0.05) is 18.8 Å². The Morgan fingerprint density at radius 1 is 0.967 bits per heavy atom. The fourth-order valence-corrected chi connectivity index (χ4v) is 3.85. The molecule has 3 aromatic rings. The number of nitrogens with zero attached hydrogens (tertiary/aromatic N) is 2. The fraction of sp³-hybridized carbons (Fsp3) is 0.280. The van der Waals surface area contributed by atoms with E-state index in [0.717, 1.165) is 48.3 Å². The molecule has 1 fully saturated rings. The van der Waals surface area contributed by atoms with Crippen molar-refractivity contribution in [1.82, 2.24) is 4.90 Å². The van der Waals surface area contributed by atoms with Crippen LogP contribution in [0.3, 0.4) is 0 Å². The molecule has 0 unspecified atom stereocenters. The molecule has 154 valence electrons. The number of benzene rings is 2. The maximum absolute atomic E-state index is 13.1. The van der Waals surface area contributed by atoms with E-state index in [9.17, 15) is 9.59 Å². The Bertz CT molecular complexity index is 1000. The average Bonchev–Trinajstić information content (AvgIpc) is 3.46. The molecule has 4 rings (SSSR count). The Balaban J connectivity index is 1.55. The first-order valence-corrected chi connectivity index (χ1v) is 10.4. The number of carbonyl (C=O) groups is 2. The number of likely N-dealkylation sites (tertiary alicyclic amines) is 1. The third-order valence-electron chi connectivity index (χ3n) is 5.46. The standard InChI is InChI=1S/C25H26N2O3/c1-19-6-4-7-21(16-19)18-27(25(29)23-8-5-15-30-23)22-11-9-20(10-12-22)17-24(28)26-13-2-3-14-26/h4-12,15-16H,2-3,13-14,17-18H2,1H3. The van der Waals surface area contributed by atoms with Gasteiger partial charge in [0.2, 0.25) is 5.91 Å². The summed E-state index contributed by atoms with van der Waals surface area (Å²) in [6.45, 7) is 4.19. The summed E-state index contributed by atoms with van der Waals surface area (Å²) in [5, 5.41) is 0. The zero-order valence-electron chi connectivity index (χ0n) is 17.2. The van der Waals surface area contributed by atoms with Gasteiger partial charge in [-0.15, -0.1) is 0 Å². The Kier molecular flexibility index (Phi) is 5.98. The van der Waals surface area contributed by atoms with Gasteiger partial charge < -0.3 is 14.2 Å². The van der Waals surface area contributed by atoms with Gasteiger partial charge in [0.25, 0.3) is 5.91 Å². The number of anilines is 1. The molecule has 2 aromatic carbocycles. The van der Waals surface area contributed by atoms with Crippen molar-refractivity contribution >= 4 is 17.5 Å². The van der Waals surface area contributed by atoms with Crippen molar-refractivity contribution in [1.29, 1.82) is 0 Å². The van der Waals surface area contributed by atoms with E-state index < -0.39 is 0 Å². The van der Waals surface area contributed by atoms with Crippen LogP contribution in [0.25, 0.3) is 0 Å². The van der Waals surface area contributed by atoms with Gasteiger partial charge in [0.05, 0.1) is 19.2 Å². The maximum atomic E-state index is 13.1. The van der Waals surface area contributed by atoms with Gasteiger partial charge >= 0.3 is 0 Å². The molecule has 1 saturated heterocycles. The molecule has 30 heavy (non-hydrogen) atoms. The second-order valence-electron chi connectivity index (χ2n) is 7.79. The number of aryl methyl sites for hydroxylation is 1. The summed E-state index contributed by atoms with van der Waals surface area (Å²) in [5.41, 5.74) is 3.92. The second-order valence-corrected chi connectivity index (χ2v) is 7.79. The predicted octanol–water partition coefficient (Wildman–Crippen LogP) is 4.60. The van der Waals surface area contributed by atoms with Crippen molar-refractivity contribution in [3.8, 4) is 0 Å². The van der Waals surface area contributed by atoms with E-state index in [1.54, 1.807) is 17.0 Å². The molecule has 1 aliphatic rings. The SMILES string of the molecule is Cc1cccc(CN(C(=O)c2ccco2)c2ccc(CC(=O)N3CCCC3)cc2)c1. The zero-order valence-corrected chi connectivity index (χ0v) is 17.2. The van der Waals surface area contributed by atoms with Gasteiger partial charge in [-0.3, -0.25) is 9.59 Å². The molecule has 1 aliphatic heterocycles. The van der Waals surface area contributed by atoms with Crippen LogP contribution >= 0.6 is 0 Å². The fourth-order valence-electron chi connectivity index (χ4n) is 3.85. The minimum absolute atomic E-state index is 0.170. The third kappa shape index (κ3) is 4.62. The van der Waals surface area contributed by atoms with Crippen molar-refractivity contribution in [2.75, 3.05) is 18.0 Å². The Morgan fingerprint density at radius 3 is 2.40 bits per heavy atom. The molecule has 1 aromatic heterocycles. The van der Waals surface area contributed by atoms with Crippen molar-refractivity contribution in [3.63, 3.8) is 0 Å². The summed E-state index contributed by atoms with van der Waals surface area (Å²) in [6.07, 6.45) is 4.08. The third-order valence-corrected chi connectivity index (χ3v) is 5.46. The molecular formula is C25H26N2O3. The highest BCUT2D eigenvalue weighted by Crippen LogP contribution is 2.22. The summed E-state index contributed by atoms with van der Waals surface area (Å²) >= 11 is 0. The number of hydrogen-bond acceptors (Lipinski definition) is 3. The number of rotatable bonds is 6. The van der Waals surface area contributed by atoms with Gasteiger partial charge in [0.1, 0.15) is 0 Å². The minimum Gasteiger partial charge on any atom is -0.459 e. The predicted molar refractivity (Wildman–Crippen MR) is 116 cm³/mol. The van der Waals surface area contributed by atoms with Gasteiger partial charge in [0.15, 0.2) is 5.76 Å². The van der Waals surface area contributed by atoms with Gasteiger partial charge in [-0.2, -0.15) is 0 Å². The lowest BCUT2D eigenvalue weighted by atomic mass is 10.1. The van der Waals surface area contributed by atoms with Crippen molar-refractivity contribution in [2.24, 2.45) is 0 Å². The van der Waals surface area contributed by atoms with Crippen LogP contribution in [-0.2, 0) is 17.8 Å². The lowest BCUT2D eigenvalue weighted by Crippen LogP contribution is -2.30. The van der Waals surface area contributed by atoms with E-state index in [4.69, 9.17) is 4.42 Å². The van der Waals surface area contributed by atoms with Crippen LogP contribution in [0.2, 0.25) is 0 Å². The Hall–Kier alpha value is -3.34. The van der Waals surface area contributed by atoms with Crippen molar-refractivity contribution < 1.29 is 14.0 Å². The van der Waals surface area contributed by atoms with Gasteiger partial charge in [-0.1, -0.05) is 42.0 Å². The van der Waals surface area contributed by atoms with Crippen LogP contribution in [0.15, 0.2) is 71.3 Å². The van der Waals surface area contributed by atoms with Crippen LogP contribution in [0, 0.1) is 6.92 Å². The monoisotopic (exact) mass is 402 g/mol. The van der Waals surface area contributed by atoms with E-state index in [1.165, 1.54) is 6.26 Å². The molecule has 0 aliphatic carbocycles. The largest absolute Gasteiger partial charge is 0.459 e. The highest BCUT2D eigenvalue weighted by molar-refractivity contribution is 6.04. The quantitative estimate of drug-likeness (QED) is 0.605. The molecule has 0 atom stereocenters. The van der Waals surface area contributed by atoms with Crippen LogP contribution in [0.1, 0.15) is 40.1 Å². The average molecular weight is 402 g/mol. The highest BCUT2D eigenvalue weighted by atomic mass is 16.3. The molecule has 2 amide bonds. The van der Waals surface area contributed by atoms with Gasteiger partial charge in [-0.25, -0.2) is 0 Å². The first-order chi connectivity index (χ1) is 14.6. The van der Waals surface area contributed by atoms with E-state index in [1.807, 2.05) is 54.3 Å². The highest BCUT2D eigenvalue weighted by Gasteiger charge is 2.21. The van der Waals surface area contributed by atoms with Crippen LogP contribution in [0.4, 0.5) is 5.69 Å². The molecule has 0 saturated carbocycles. The molecule has 2 heterocycles. The van der Waals surface area contributed by atoms with Crippen LogP contribution in [-0.4, -0.2) is 29.8 Å². The number of hydrogen-bond donors (Lipinski definition) is 0. The van der Waals surface area contributed by atoms with E-state index >= 15 is 0 Å². The molecule has 0 spiro atoms. The lowest BCUT2D eigenvalue weighted by Gasteiger charge is -2.23. The number of carbonyl (C=O) groups excluding carboxylic acids is 2. The molecular weight excluding hydrogens is 376 g/mol. The number of furan rings is 1. The van der Waals surface area contributed by atoms with Gasteiger partial charge in [-0.05, 0) is 55.2 Å². The van der Waals surface area contributed by atoms with Crippen LogP contribution in [0.5, 0.6) is 0 Å².